The zero-order chi connectivity index (χ0) is 22.6. The molecule has 1 aliphatic carbocycles. The second-order valence-corrected chi connectivity index (χ2v) is 9.82. The highest BCUT2D eigenvalue weighted by Gasteiger charge is 2.49. The number of hydrogen-bond acceptors (Lipinski definition) is 3. The summed E-state index contributed by atoms with van der Waals surface area (Å²) in [6.07, 6.45) is 5.97. The number of hydrogen-bond donors (Lipinski definition) is 2. The van der Waals surface area contributed by atoms with Crippen LogP contribution in [0.3, 0.4) is 0 Å². The van der Waals surface area contributed by atoms with E-state index in [0.717, 1.165) is 42.5 Å². The first-order chi connectivity index (χ1) is 14.8. The van der Waals surface area contributed by atoms with Gasteiger partial charge in [-0.25, -0.2) is 4.79 Å². The predicted molar refractivity (Wildman–Crippen MR) is 124 cm³/mol. The standard InChI is InChI=1S/C25H39N3O3/c1-18(2)20-10-8-11-21(19(3)4)23(20)26-22(30)16-27-17-25(12-6-5-7-13-25)28(24(27)31)14-9-15-29/h8,10-11,18-19,29H,5-7,9,12-17H2,1-4H3,(H,26,30). The topological polar surface area (TPSA) is 72.9 Å². The molecule has 0 radical (unpaired) electrons. The molecule has 1 heterocycles. The molecule has 3 rings (SSSR count). The Labute approximate surface area is 187 Å². The predicted octanol–water partition coefficient (Wildman–Crippen LogP) is 4.69. The molecular weight excluding hydrogens is 390 g/mol. The van der Waals surface area contributed by atoms with E-state index in [1.807, 2.05) is 4.90 Å². The van der Waals surface area contributed by atoms with Crippen LogP contribution < -0.4 is 5.32 Å². The van der Waals surface area contributed by atoms with Gasteiger partial charge in [-0.3, -0.25) is 4.79 Å². The SMILES string of the molecule is CC(C)c1cccc(C(C)C)c1NC(=O)CN1CC2(CCCCC2)N(CCCO)C1=O. The van der Waals surface area contributed by atoms with Gasteiger partial charge in [0.15, 0.2) is 0 Å². The molecule has 6 heteroatoms. The van der Waals surface area contributed by atoms with Gasteiger partial charge < -0.3 is 20.2 Å². The van der Waals surface area contributed by atoms with Gasteiger partial charge in [0.2, 0.25) is 5.91 Å². The van der Waals surface area contributed by atoms with Crippen molar-refractivity contribution in [2.24, 2.45) is 0 Å². The van der Waals surface area contributed by atoms with Crippen molar-refractivity contribution >= 4 is 17.6 Å². The van der Waals surface area contributed by atoms with Crippen LogP contribution in [0.25, 0.3) is 0 Å². The third kappa shape index (κ3) is 5.05. The zero-order valence-corrected chi connectivity index (χ0v) is 19.6. The summed E-state index contributed by atoms with van der Waals surface area (Å²) in [5.74, 6) is 0.446. The Hall–Kier alpha value is -2.08. The maximum atomic E-state index is 13.2. The number of rotatable bonds is 8. The van der Waals surface area contributed by atoms with E-state index in [2.05, 4.69) is 51.2 Å². The molecule has 1 aliphatic heterocycles. The lowest BCUT2D eigenvalue weighted by molar-refractivity contribution is -0.116. The van der Waals surface area contributed by atoms with Gasteiger partial charge in [0, 0.05) is 25.4 Å². The monoisotopic (exact) mass is 429 g/mol. The van der Waals surface area contributed by atoms with Gasteiger partial charge in [0.05, 0.1) is 5.54 Å². The van der Waals surface area contributed by atoms with Gasteiger partial charge >= 0.3 is 6.03 Å². The number of nitrogens with zero attached hydrogens (tertiary/aromatic N) is 2. The van der Waals surface area contributed by atoms with E-state index in [0.29, 0.717) is 31.3 Å². The fourth-order valence-electron chi connectivity index (χ4n) is 5.25. The van der Waals surface area contributed by atoms with Crippen molar-refractivity contribution in [3.63, 3.8) is 0 Å². The minimum atomic E-state index is -0.177. The van der Waals surface area contributed by atoms with Crippen molar-refractivity contribution in [3.05, 3.63) is 29.3 Å². The molecule has 6 nitrogen and oxygen atoms in total. The summed E-state index contributed by atoms with van der Waals surface area (Å²) >= 11 is 0. The van der Waals surface area contributed by atoms with Gasteiger partial charge in [-0.05, 0) is 42.2 Å². The molecule has 172 valence electrons. The van der Waals surface area contributed by atoms with Crippen molar-refractivity contribution < 1.29 is 14.7 Å². The number of amides is 3. The summed E-state index contributed by atoms with van der Waals surface area (Å²) in [6.45, 7) is 9.82. The minimum Gasteiger partial charge on any atom is -0.396 e. The molecule has 0 atom stereocenters. The molecule has 1 spiro atoms. The second kappa shape index (κ2) is 10.0. The largest absolute Gasteiger partial charge is 0.396 e. The van der Waals surface area contributed by atoms with E-state index in [4.69, 9.17) is 0 Å². The third-order valence-electron chi connectivity index (χ3n) is 6.86. The lowest BCUT2D eigenvalue weighted by Gasteiger charge is -2.40. The Kier molecular flexibility index (Phi) is 7.63. The van der Waals surface area contributed by atoms with Gasteiger partial charge in [-0.1, -0.05) is 65.2 Å². The number of anilines is 1. The van der Waals surface area contributed by atoms with Crippen LogP contribution in [0, 0.1) is 0 Å². The first kappa shape index (κ1) is 23.6. The van der Waals surface area contributed by atoms with Crippen molar-refractivity contribution in [2.75, 3.05) is 31.6 Å². The number of nitrogens with one attached hydrogen (secondary N) is 1. The Balaban J connectivity index is 1.77. The molecular formula is C25H39N3O3. The zero-order valence-electron chi connectivity index (χ0n) is 19.6. The van der Waals surface area contributed by atoms with E-state index >= 15 is 0 Å². The maximum Gasteiger partial charge on any atom is 0.321 e. The van der Waals surface area contributed by atoms with Crippen LogP contribution >= 0.6 is 0 Å². The van der Waals surface area contributed by atoms with E-state index in [9.17, 15) is 14.7 Å². The Morgan fingerprint density at radius 1 is 1.10 bits per heavy atom. The number of carbonyl (C=O) groups excluding carboxylic acids is 2. The van der Waals surface area contributed by atoms with E-state index in [-0.39, 0.29) is 30.6 Å². The number of aliphatic hydroxyl groups is 1. The lowest BCUT2D eigenvalue weighted by atomic mass is 9.81. The number of para-hydroxylation sites is 1. The average Bonchev–Trinajstić information content (AvgIpc) is 2.96. The Morgan fingerprint density at radius 2 is 1.71 bits per heavy atom. The highest BCUT2D eigenvalue weighted by molar-refractivity contribution is 5.96. The molecule has 31 heavy (non-hydrogen) atoms. The van der Waals surface area contributed by atoms with Gasteiger partial charge in [-0.2, -0.15) is 0 Å². The molecule has 0 unspecified atom stereocenters. The Morgan fingerprint density at radius 3 is 2.26 bits per heavy atom. The van der Waals surface area contributed by atoms with Crippen molar-refractivity contribution in [3.8, 4) is 0 Å². The summed E-state index contributed by atoms with van der Waals surface area (Å²) in [5.41, 5.74) is 2.97. The van der Waals surface area contributed by atoms with E-state index in [1.165, 1.54) is 6.42 Å². The van der Waals surface area contributed by atoms with E-state index in [1.54, 1.807) is 4.90 Å². The highest BCUT2D eigenvalue weighted by Crippen LogP contribution is 2.39. The van der Waals surface area contributed by atoms with Crippen molar-refractivity contribution in [1.82, 2.24) is 9.80 Å². The third-order valence-corrected chi connectivity index (χ3v) is 6.86. The van der Waals surface area contributed by atoms with Gasteiger partial charge in [0.25, 0.3) is 0 Å². The number of benzene rings is 1. The van der Waals surface area contributed by atoms with Gasteiger partial charge in [0.1, 0.15) is 6.54 Å². The van der Waals surface area contributed by atoms with Crippen LogP contribution in [0.15, 0.2) is 18.2 Å². The minimum absolute atomic E-state index is 0.0632. The number of aliphatic hydroxyl groups excluding tert-OH is 1. The first-order valence-electron chi connectivity index (χ1n) is 11.9. The molecule has 1 saturated heterocycles. The quantitative estimate of drug-likeness (QED) is 0.629. The molecule has 1 saturated carbocycles. The van der Waals surface area contributed by atoms with Crippen LogP contribution in [0.2, 0.25) is 0 Å². The highest BCUT2D eigenvalue weighted by atomic mass is 16.3. The van der Waals surface area contributed by atoms with Crippen molar-refractivity contribution in [1.29, 1.82) is 0 Å². The van der Waals surface area contributed by atoms with Crippen LogP contribution in [0.1, 0.15) is 89.2 Å². The lowest BCUT2D eigenvalue weighted by Crippen LogP contribution is -2.49. The first-order valence-corrected chi connectivity index (χ1v) is 11.9. The van der Waals surface area contributed by atoms with Crippen LogP contribution in [0.4, 0.5) is 10.5 Å². The smallest absolute Gasteiger partial charge is 0.321 e. The fourth-order valence-corrected chi connectivity index (χ4v) is 5.25. The normalized spacial score (nSPS) is 18.5. The van der Waals surface area contributed by atoms with E-state index < -0.39 is 0 Å². The summed E-state index contributed by atoms with van der Waals surface area (Å²) in [7, 11) is 0. The number of urea groups is 1. The molecule has 1 aromatic carbocycles. The van der Waals surface area contributed by atoms with Crippen LogP contribution in [0.5, 0.6) is 0 Å². The fraction of sp³-hybridized carbons (Fsp3) is 0.680. The van der Waals surface area contributed by atoms with Crippen molar-refractivity contribution in [2.45, 2.75) is 83.6 Å². The van der Waals surface area contributed by atoms with Gasteiger partial charge in [-0.15, -0.1) is 0 Å². The van der Waals surface area contributed by atoms with Crippen LogP contribution in [-0.2, 0) is 4.79 Å². The van der Waals surface area contributed by atoms with Crippen LogP contribution in [-0.4, -0.2) is 58.6 Å². The summed E-state index contributed by atoms with van der Waals surface area (Å²) in [6, 6.07) is 6.13. The molecule has 2 aliphatic rings. The molecule has 0 bridgehead atoms. The Bertz CT molecular complexity index is 758. The molecule has 0 aromatic heterocycles. The summed E-state index contributed by atoms with van der Waals surface area (Å²) in [4.78, 5) is 30.0. The maximum absolute atomic E-state index is 13.2. The molecule has 2 N–H and O–H groups in total. The second-order valence-electron chi connectivity index (χ2n) is 9.82. The average molecular weight is 430 g/mol. The molecule has 3 amide bonds. The number of carbonyl (C=O) groups is 2. The molecule has 1 aromatic rings. The summed E-state index contributed by atoms with van der Waals surface area (Å²) < 4.78 is 0. The summed E-state index contributed by atoms with van der Waals surface area (Å²) in [5, 5.41) is 12.4. The molecule has 2 fully saturated rings.